The van der Waals surface area contributed by atoms with Gasteiger partial charge in [-0.05, 0) is 92.4 Å². The summed E-state index contributed by atoms with van der Waals surface area (Å²) >= 11 is 0. The Morgan fingerprint density at radius 2 is 0.820 bits per heavy atom. The average Bonchev–Trinajstić information content (AvgIpc) is 3.93. The zero-order valence-electron chi connectivity index (χ0n) is 33.1. The lowest BCUT2D eigenvalue weighted by Gasteiger charge is -2.26. The van der Waals surface area contributed by atoms with Gasteiger partial charge in [0, 0.05) is 32.6 Å². The number of hydrogen-bond donors (Lipinski definition) is 0. The normalized spacial score (nSPS) is 11.6. The number of anilines is 3. The van der Waals surface area contributed by atoms with E-state index in [9.17, 15) is 0 Å². The predicted octanol–water partition coefficient (Wildman–Crippen LogP) is 16.8. The molecule has 0 aliphatic heterocycles. The van der Waals surface area contributed by atoms with E-state index < -0.39 is 0 Å². The molecule has 0 atom stereocenters. The molecule has 3 heteroatoms. The molecule has 0 aliphatic rings. The largest absolute Gasteiger partial charge is 0.454 e. The molecule has 0 bridgehead atoms. The van der Waals surface area contributed by atoms with Crippen LogP contribution in [0.4, 0.5) is 17.1 Å². The summed E-state index contributed by atoms with van der Waals surface area (Å²) in [6.07, 6.45) is 0. The molecule has 2 aromatic heterocycles. The minimum Gasteiger partial charge on any atom is -0.454 e. The summed E-state index contributed by atoms with van der Waals surface area (Å²) in [7, 11) is 0. The van der Waals surface area contributed by atoms with Crippen molar-refractivity contribution in [3.63, 3.8) is 0 Å². The van der Waals surface area contributed by atoms with Crippen LogP contribution < -0.4 is 4.90 Å². The highest BCUT2D eigenvalue weighted by Crippen LogP contribution is 2.50. The fourth-order valence-corrected chi connectivity index (χ4v) is 9.21. The molecule has 10 aromatic carbocycles. The highest BCUT2D eigenvalue weighted by atomic mass is 16.3. The lowest BCUT2D eigenvalue weighted by atomic mass is 9.92. The third kappa shape index (κ3) is 5.82. The first kappa shape index (κ1) is 34.9. The van der Waals surface area contributed by atoms with Crippen LogP contribution in [-0.2, 0) is 0 Å². The van der Waals surface area contributed by atoms with Gasteiger partial charge >= 0.3 is 0 Å². The van der Waals surface area contributed by atoms with E-state index in [2.05, 4.69) is 217 Å². The van der Waals surface area contributed by atoms with E-state index in [4.69, 9.17) is 8.83 Å². The second kappa shape index (κ2) is 14.3. The summed E-state index contributed by atoms with van der Waals surface area (Å²) in [6, 6.07) is 79.7. The van der Waals surface area contributed by atoms with Crippen LogP contribution in [0.5, 0.6) is 0 Å². The molecule has 0 unspecified atom stereocenters. The number of nitrogens with zero attached hydrogens (tertiary/aromatic N) is 1. The number of hydrogen-bond acceptors (Lipinski definition) is 3. The molecule has 286 valence electrons. The molecule has 12 aromatic rings. The van der Waals surface area contributed by atoms with Crippen molar-refractivity contribution in [3.05, 3.63) is 224 Å². The fourth-order valence-electron chi connectivity index (χ4n) is 9.21. The first-order chi connectivity index (χ1) is 30.3. The monoisotopic (exact) mass is 779 g/mol. The zero-order chi connectivity index (χ0) is 40.3. The van der Waals surface area contributed by atoms with Crippen LogP contribution in [0.2, 0.25) is 0 Å². The second-order valence-corrected chi connectivity index (χ2v) is 15.6. The summed E-state index contributed by atoms with van der Waals surface area (Å²) in [5.74, 6) is 0. The van der Waals surface area contributed by atoms with E-state index in [0.717, 1.165) is 99.5 Å². The standard InChI is InChI=1S/C58H37NO2/c1-4-16-38(17-5-1)40-30-32-44(33-31-40)59(52-28-15-27-49-47-25-12-13-29-54(47)60-57(49)52)53-35-34-45(41-20-8-3-9-21-41)55-51-37-50(46-24-10-11-26-48(46)56(51)61-58(53)55)43-23-14-22-42(36-43)39-18-6-2-7-19-39/h1-37H. The SMILES string of the molecule is c1ccc(-c2ccc(N(c3cccc4c3oc3ccccc34)c3ccc(-c4ccccc4)c4c3oc3c5ccccc5c(-c5cccc(-c6ccccc6)c5)cc34)cc2)cc1. The van der Waals surface area contributed by atoms with Crippen molar-refractivity contribution in [1.29, 1.82) is 0 Å². The van der Waals surface area contributed by atoms with Crippen LogP contribution >= 0.6 is 0 Å². The predicted molar refractivity (Wildman–Crippen MR) is 255 cm³/mol. The molecule has 0 fully saturated rings. The summed E-state index contributed by atoms with van der Waals surface area (Å²) in [6.45, 7) is 0. The smallest absolute Gasteiger partial charge is 0.160 e. The maximum absolute atomic E-state index is 7.36. The van der Waals surface area contributed by atoms with Crippen LogP contribution in [0.1, 0.15) is 0 Å². The lowest BCUT2D eigenvalue weighted by molar-refractivity contribution is 0.667. The van der Waals surface area contributed by atoms with Gasteiger partial charge in [0.05, 0.1) is 11.4 Å². The minimum atomic E-state index is 0.803. The number of fused-ring (bicyclic) bond motifs is 8. The molecule has 0 saturated carbocycles. The van der Waals surface area contributed by atoms with Crippen molar-refractivity contribution in [1.82, 2.24) is 0 Å². The van der Waals surface area contributed by atoms with E-state index in [1.807, 2.05) is 12.1 Å². The molecule has 0 spiro atoms. The lowest BCUT2D eigenvalue weighted by Crippen LogP contribution is -2.10. The van der Waals surface area contributed by atoms with Crippen molar-refractivity contribution < 1.29 is 8.83 Å². The number of rotatable bonds is 7. The molecule has 0 radical (unpaired) electrons. The summed E-state index contributed by atoms with van der Waals surface area (Å²) in [5.41, 5.74) is 15.4. The highest BCUT2D eigenvalue weighted by molar-refractivity contribution is 6.24. The fraction of sp³-hybridized carbons (Fsp3) is 0. The molecule has 0 saturated heterocycles. The Morgan fingerprint density at radius 1 is 0.279 bits per heavy atom. The highest BCUT2D eigenvalue weighted by Gasteiger charge is 2.26. The summed E-state index contributed by atoms with van der Waals surface area (Å²) in [5, 5.41) is 6.49. The first-order valence-electron chi connectivity index (χ1n) is 20.7. The summed E-state index contributed by atoms with van der Waals surface area (Å²) in [4.78, 5) is 2.31. The van der Waals surface area contributed by atoms with Crippen molar-refractivity contribution in [3.8, 4) is 44.5 Å². The van der Waals surface area contributed by atoms with Crippen molar-refractivity contribution in [2.24, 2.45) is 0 Å². The van der Waals surface area contributed by atoms with E-state index >= 15 is 0 Å². The summed E-state index contributed by atoms with van der Waals surface area (Å²) < 4.78 is 14.1. The number of furan rings is 2. The van der Waals surface area contributed by atoms with Crippen LogP contribution in [-0.4, -0.2) is 0 Å². The molecule has 2 heterocycles. The van der Waals surface area contributed by atoms with E-state index in [1.54, 1.807) is 0 Å². The Kier molecular flexibility index (Phi) is 8.17. The molecule has 61 heavy (non-hydrogen) atoms. The van der Waals surface area contributed by atoms with Gasteiger partial charge in [-0.3, -0.25) is 0 Å². The maximum atomic E-state index is 7.36. The van der Waals surface area contributed by atoms with Gasteiger partial charge in [0.25, 0.3) is 0 Å². The molecule has 12 rings (SSSR count). The van der Waals surface area contributed by atoms with Crippen LogP contribution in [0.25, 0.3) is 99.2 Å². The van der Waals surface area contributed by atoms with E-state index in [0.29, 0.717) is 0 Å². The van der Waals surface area contributed by atoms with Crippen molar-refractivity contribution >= 4 is 71.7 Å². The van der Waals surface area contributed by atoms with Crippen molar-refractivity contribution in [2.45, 2.75) is 0 Å². The number of benzene rings is 10. The van der Waals surface area contributed by atoms with Crippen molar-refractivity contribution in [2.75, 3.05) is 4.90 Å². The topological polar surface area (TPSA) is 29.5 Å². The Labute approximate surface area is 353 Å². The van der Waals surface area contributed by atoms with Crippen LogP contribution in [0.15, 0.2) is 233 Å². The molecular formula is C58H37NO2. The minimum absolute atomic E-state index is 0.803. The van der Waals surface area contributed by atoms with Gasteiger partial charge in [0.2, 0.25) is 0 Å². The quantitative estimate of drug-likeness (QED) is 0.161. The Hall–Kier alpha value is -8.14. The maximum Gasteiger partial charge on any atom is 0.160 e. The van der Waals surface area contributed by atoms with Gasteiger partial charge < -0.3 is 13.7 Å². The van der Waals surface area contributed by atoms with Gasteiger partial charge in [-0.25, -0.2) is 0 Å². The Morgan fingerprint density at radius 3 is 1.57 bits per heavy atom. The Bertz CT molecular complexity index is 3570. The first-order valence-corrected chi connectivity index (χ1v) is 20.7. The van der Waals surface area contributed by atoms with E-state index in [-0.39, 0.29) is 0 Å². The molecule has 3 nitrogen and oxygen atoms in total. The third-order valence-corrected chi connectivity index (χ3v) is 12.1. The average molecular weight is 780 g/mol. The van der Waals surface area contributed by atoms with Gasteiger partial charge in [-0.1, -0.05) is 182 Å². The van der Waals surface area contributed by atoms with Crippen LogP contribution in [0.3, 0.4) is 0 Å². The molecule has 0 N–H and O–H groups in total. The number of para-hydroxylation sites is 2. The van der Waals surface area contributed by atoms with Gasteiger partial charge in [0.15, 0.2) is 11.2 Å². The molecule has 0 amide bonds. The molecule has 0 aliphatic carbocycles. The van der Waals surface area contributed by atoms with Gasteiger partial charge in [-0.15, -0.1) is 0 Å². The molecular weight excluding hydrogens is 743 g/mol. The Balaban J connectivity index is 1.16. The van der Waals surface area contributed by atoms with Gasteiger partial charge in [-0.2, -0.15) is 0 Å². The van der Waals surface area contributed by atoms with Gasteiger partial charge in [0.1, 0.15) is 11.2 Å². The van der Waals surface area contributed by atoms with Crippen LogP contribution in [0, 0.1) is 0 Å². The third-order valence-electron chi connectivity index (χ3n) is 12.1. The zero-order valence-corrected chi connectivity index (χ0v) is 33.1. The second-order valence-electron chi connectivity index (χ2n) is 15.6. The van der Waals surface area contributed by atoms with E-state index in [1.165, 1.54) is 16.7 Å².